The first-order chi connectivity index (χ1) is 14.0. The lowest BCUT2D eigenvalue weighted by atomic mass is 9.98. The molecule has 8 nitrogen and oxygen atoms in total. The maximum absolute atomic E-state index is 12.7. The Labute approximate surface area is 181 Å². The van der Waals surface area contributed by atoms with E-state index >= 15 is 0 Å². The number of fused-ring (bicyclic) bond motifs is 2. The van der Waals surface area contributed by atoms with Crippen molar-refractivity contribution in [3.05, 3.63) is 42.0 Å². The third-order valence-corrected chi connectivity index (χ3v) is 5.21. The molecule has 1 unspecified atom stereocenters. The molecule has 0 aromatic heterocycles. The highest BCUT2D eigenvalue weighted by Gasteiger charge is 2.28. The topological polar surface area (TPSA) is 106 Å². The Hall–Kier alpha value is -3.13. The van der Waals surface area contributed by atoms with E-state index in [1.807, 2.05) is 23.1 Å². The molecule has 9 heteroatoms. The van der Waals surface area contributed by atoms with Gasteiger partial charge in [0.2, 0.25) is 5.91 Å². The van der Waals surface area contributed by atoms with Gasteiger partial charge in [0.1, 0.15) is 19.3 Å². The highest BCUT2D eigenvalue weighted by atomic mass is 35.5. The van der Waals surface area contributed by atoms with Crippen LogP contribution >= 0.6 is 12.4 Å². The second kappa shape index (κ2) is 9.13. The number of hydrogen-bond acceptors (Lipinski definition) is 6. The number of hydrogen-bond donors (Lipinski definition) is 3. The number of benzene rings is 2. The second-order valence-electron chi connectivity index (χ2n) is 7.12. The summed E-state index contributed by atoms with van der Waals surface area (Å²) in [5.74, 6) is 0.821. The van der Waals surface area contributed by atoms with Gasteiger partial charge in [0.25, 0.3) is 0 Å². The Morgan fingerprint density at radius 3 is 2.70 bits per heavy atom. The maximum Gasteiger partial charge on any atom is 0.325 e. The minimum atomic E-state index is -0.594. The first kappa shape index (κ1) is 21.6. The van der Waals surface area contributed by atoms with E-state index in [-0.39, 0.29) is 18.3 Å². The van der Waals surface area contributed by atoms with Crippen LogP contribution in [0.3, 0.4) is 0 Å². The highest BCUT2D eigenvalue weighted by molar-refractivity contribution is 6.03. The number of nitrogens with two attached hydrogens (primary N) is 1. The number of urea groups is 1. The van der Waals surface area contributed by atoms with Crippen molar-refractivity contribution in [1.82, 2.24) is 5.32 Å². The van der Waals surface area contributed by atoms with Crippen molar-refractivity contribution in [2.45, 2.75) is 25.8 Å². The zero-order valence-electron chi connectivity index (χ0n) is 16.6. The summed E-state index contributed by atoms with van der Waals surface area (Å²) in [6.45, 7) is 3.47. The molecule has 0 spiro atoms. The second-order valence-corrected chi connectivity index (χ2v) is 7.12. The SMILES string of the molecule is CC(C(=O)NC(=O)Nc1ccc2c(c1)OCCO2)N1CCCc2c(N)cccc21.Cl. The van der Waals surface area contributed by atoms with Gasteiger partial charge in [-0.3, -0.25) is 10.1 Å². The third-order valence-electron chi connectivity index (χ3n) is 5.21. The molecule has 0 saturated carbocycles. The zero-order chi connectivity index (χ0) is 20.4. The molecule has 0 bridgehead atoms. The van der Waals surface area contributed by atoms with Gasteiger partial charge in [-0.05, 0) is 49.6 Å². The van der Waals surface area contributed by atoms with Crippen LogP contribution in [0.25, 0.3) is 0 Å². The first-order valence-electron chi connectivity index (χ1n) is 9.68. The van der Waals surface area contributed by atoms with Crippen LogP contribution in [0.5, 0.6) is 11.5 Å². The summed E-state index contributed by atoms with van der Waals surface area (Å²) >= 11 is 0. The van der Waals surface area contributed by atoms with E-state index in [9.17, 15) is 9.59 Å². The molecule has 2 aromatic rings. The molecule has 1 atom stereocenters. The van der Waals surface area contributed by atoms with Crippen LogP contribution in [0.15, 0.2) is 36.4 Å². The third kappa shape index (κ3) is 4.38. The van der Waals surface area contributed by atoms with E-state index in [4.69, 9.17) is 15.2 Å². The van der Waals surface area contributed by atoms with Gasteiger partial charge in [-0.2, -0.15) is 0 Å². The fourth-order valence-electron chi connectivity index (χ4n) is 3.72. The molecule has 2 aliphatic heterocycles. The Morgan fingerprint density at radius 1 is 1.13 bits per heavy atom. The predicted octanol–water partition coefficient (Wildman–Crippen LogP) is 2.95. The van der Waals surface area contributed by atoms with Crippen LogP contribution in [0.4, 0.5) is 21.9 Å². The number of carbonyl (C=O) groups is 2. The highest BCUT2D eigenvalue weighted by Crippen LogP contribution is 2.33. The van der Waals surface area contributed by atoms with E-state index in [0.717, 1.165) is 36.3 Å². The zero-order valence-corrected chi connectivity index (χ0v) is 17.5. The van der Waals surface area contributed by atoms with Gasteiger partial charge >= 0.3 is 6.03 Å². The maximum atomic E-state index is 12.7. The average Bonchev–Trinajstić information content (AvgIpc) is 2.73. The average molecular weight is 433 g/mol. The largest absolute Gasteiger partial charge is 0.486 e. The molecule has 160 valence electrons. The van der Waals surface area contributed by atoms with Crippen molar-refractivity contribution in [3.8, 4) is 11.5 Å². The summed E-state index contributed by atoms with van der Waals surface area (Å²) in [6.07, 6.45) is 1.79. The number of amides is 3. The molecule has 3 amide bonds. The van der Waals surface area contributed by atoms with Crippen LogP contribution in [0.2, 0.25) is 0 Å². The van der Waals surface area contributed by atoms with Crippen LogP contribution < -0.4 is 30.7 Å². The van der Waals surface area contributed by atoms with E-state index in [1.165, 1.54) is 0 Å². The minimum absolute atomic E-state index is 0. The van der Waals surface area contributed by atoms with Crippen molar-refractivity contribution in [2.24, 2.45) is 0 Å². The summed E-state index contributed by atoms with van der Waals surface area (Å²) < 4.78 is 11.0. The van der Waals surface area contributed by atoms with Crippen LogP contribution in [-0.4, -0.2) is 37.7 Å². The molecule has 2 aliphatic rings. The standard InChI is InChI=1S/C21H24N4O4.ClH/c1-13(25-9-3-4-15-16(22)5-2-6-17(15)25)20(26)24-21(27)23-14-7-8-18-19(12-14)29-11-10-28-18;/h2,5-8,12-13H,3-4,9-11,22H2,1H3,(H2,23,24,26,27);1H. The number of carbonyl (C=O) groups excluding carboxylic acids is 2. The number of ether oxygens (including phenoxy) is 2. The predicted molar refractivity (Wildman–Crippen MR) is 118 cm³/mol. The molecular formula is C21H25ClN4O4. The van der Waals surface area contributed by atoms with Crippen molar-refractivity contribution < 1.29 is 19.1 Å². The number of imide groups is 1. The Kier molecular flexibility index (Phi) is 6.56. The molecule has 0 radical (unpaired) electrons. The Bertz CT molecular complexity index is 953. The van der Waals surface area contributed by atoms with Gasteiger partial charge in [0.15, 0.2) is 11.5 Å². The van der Waals surface area contributed by atoms with Gasteiger partial charge in [-0.15, -0.1) is 12.4 Å². The summed E-state index contributed by atoms with van der Waals surface area (Å²) in [5.41, 5.74) is 9.34. The number of halogens is 1. The van der Waals surface area contributed by atoms with Crippen LogP contribution in [0.1, 0.15) is 18.9 Å². The van der Waals surface area contributed by atoms with Crippen molar-refractivity contribution >= 4 is 41.4 Å². The molecule has 0 saturated heterocycles. The van der Waals surface area contributed by atoms with Crippen molar-refractivity contribution in [1.29, 1.82) is 0 Å². The summed E-state index contributed by atoms with van der Waals surface area (Å²) in [6, 6.07) is 9.70. The lowest BCUT2D eigenvalue weighted by molar-refractivity contribution is -0.120. The van der Waals surface area contributed by atoms with Gasteiger partial charge in [-0.1, -0.05) is 6.07 Å². The molecule has 4 rings (SSSR count). The fraction of sp³-hybridized carbons (Fsp3) is 0.333. The van der Waals surface area contributed by atoms with Crippen molar-refractivity contribution in [3.63, 3.8) is 0 Å². The quantitative estimate of drug-likeness (QED) is 0.644. The first-order valence-corrected chi connectivity index (χ1v) is 9.68. The number of anilines is 3. The number of nitrogens with zero attached hydrogens (tertiary/aromatic N) is 1. The minimum Gasteiger partial charge on any atom is -0.486 e. The van der Waals surface area contributed by atoms with Gasteiger partial charge in [0, 0.05) is 29.7 Å². The van der Waals surface area contributed by atoms with Crippen LogP contribution in [-0.2, 0) is 11.2 Å². The fourth-order valence-corrected chi connectivity index (χ4v) is 3.72. The van der Waals surface area contributed by atoms with Gasteiger partial charge in [0.05, 0.1) is 0 Å². The molecule has 0 aliphatic carbocycles. The van der Waals surface area contributed by atoms with E-state index < -0.39 is 12.1 Å². The summed E-state index contributed by atoms with van der Waals surface area (Å²) in [7, 11) is 0. The number of nitrogen functional groups attached to an aromatic ring is 1. The normalized spacial score (nSPS) is 15.3. The van der Waals surface area contributed by atoms with Gasteiger partial charge < -0.3 is 25.4 Å². The molecule has 4 N–H and O–H groups in total. The number of nitrogens with one attached hydrogen (secondary N) is 2. The van der Waals surface area contributed by atoms with E-state index in [2.05, 4.69) is 10.6 Å². The number of rotatable bonds is 3. The summed E-state index contributed by atoms with van der Waals surface area (Å²) in [5, 5.41) is 5.08. The monoisotopic (exact) mass is 432 g/mol. The molecule has 0 fully saturated rings. The van der Waals surface area contributed by atoms with E-state index in [1.54, 1.807) is 25.1 Å². The molecule has 30 heavy (non-hydrogen) atoms. The lowest BCUT2D eigenvalue weighted by Crippen LogP contribution is -2.49. The molecular weight excluding hydrogens is 408 g/mol. The molecule has 2 aromatic carbocycles. The van der Waals surface area contributed by atoms with Crippen molar-refractivity contribution in [2.75, 3.05) is 35.7 Å². The lowest BCUT2D eigenvalue weighted by Gasteiger charge is -2.35. The van der Waals surface area contributed by atoms with E-state index in [0.29, 0.717) is 30.4 Å². The van der Waals surface area contributed by atoms with Gasteiger partial charge in [-0.25, -0.2) is 4.79 Å². The van der Waals surface area contributed by atoms with Crippen LogP contribution in [0, 0.1) is 0 Å². The smallest absolute Gasteiger partial charge is 0.325 e. The molecule has 2 heterocycles. The Balaban J connectivity index is 0.00000256. The Morgan fingerprint density at radius 2 is 1.90 bits per heavy atom. The summed E-state index contributed by atoms with van der Waals surface area (Å²) in [4.78, 5) is 27.0.